The molecule has 0 bridgehead atoms. The Kier molecular flexibility index (Phi) is 5.23. The Morgan fingerprint density at radius 3 is 2.78 bits per heavy atom. The summed E-state index contributed by atoms with van der Waals surface area (Å²) in [5.74, 6) is 0.895. The highest BCUT2D eigenvalue weighted by atomic mass is 79.9. The Morgan fingerprint density at radius 2 is 2.11 bits per heavy atom. The molecule has 0 aliphatic rings. The van der Waals surface area contributed by atoms with Crippen LogP contribution in [0.15, 0.2) is 46.3 Å². The summed E-state index contributed by atoms with van der Waals surface area (Å²) in [6, 6.07) is 12.2. The number of halogens is 1. The van der Waals surface area contributed by atoms with E-state index < -0.39 is 0 Å². The van der Waals surface area contributed by atoms with Crippen LogP contribution in [0.1, 0.15) is 17.4 Å². The number of hydrogen-bond acceptors (Lipinski definition) is 3. The first-order valence-corrected chi connectivity index (χ1v) is 7.57. The van der Waals surface area contributed by atoms with Crippen LogP contribution in [-0.4, -0.2) is 13.6 Å². The summed E-state index contributed by atoms with van der Waals surface area (Å²) >= 11 is 5.26. The van der Waals surface area contributed by atoms with Gasteiger partial charge in [-0.05, 0) is 53.1 Å². The Labute approximate surface area is 120 Å². The molecule has 2 rings (SSSR count). The second-order valence-corrected chi connectivity index (χ2v) is 5.78. The number of hydrogen-bond donors (Lipinski definition) is 1. The van der Waals surface area contributed by atoms with Crippen molar-refractivity contribution in [3.63, 3.8) is 0 Å². The van der Waals surface area contributed by atoms with Gasteiger partial charge >= 0.3 is 0 Å². The maximum absolute atomic E-state index is 6.12. The third-order valence-corrected chi connectivity index (χ3v) is 4.24. The number of nitrogens with one attached hydrogen (secondary N) is 1. The monoisotopic (exact) mass is 325 g/mol. The molecule has 0 radical (unpaired) electrons. The SMILES string of the molecule is CNCC[C@@H](Oc1ccccc1Br)c1cccs1. The first-order valence-electron chi connectivity index (χ1n) is 5.90. The minimum Gasteiger partial charge on any atom is -0.484 e. The topological polar surface area (TPSA) is 21.3 Å². The average Bonchev–Trinajstić information content (AvgIpc) is 2.90. The van der Waals surface area contributed by atoms with Crippen LogP contribution >= 0.6 is 27.3 Å². The molecule has 0 amide bonds. The maximum Gasteiger partial charge on any atom is 0.134 e. The second kappa shape index (κ2) is 6.92. The normalized spacial score (nSPS) is 12.3. The van der Waals surface area contributed by atoms with Crippen molar-refractivity contribution in [2.75, 3.05) is 13.6 Å². The maximum atomic E-state index is 6.12. The predicted molar refractivity (Wildman–Crippen MR) is 80.4 cm³/mol. The lowest BCUT2D eigenvalue weighted by Gasteiger charge is -2.18. The van der Waals surface area contributed by atoms with Gasteiger partial charge in [0.15, 0.2) is 0 Å². The van der Waals surface area contributed by atoms with Gasteiger partial charge in [-0.3, -0.25) is 0 Å². The molecule has 0 aliphatic carbocycles. The summed E-state index contributed by atoms with van der Waals surface area (Å²) in [6.07, 6.45) is 1.06. The molecule has 4 heteroatoms. The number of ether oxygens (including phenoxy) is 1. The minimum absolute atomic E-state index is 0.108. The van der Waals surface area contributed by atoms with Crippen molar-refractivity contribution in [1.29, 1.82) is 0 Å². The summed E-state index contributed by atoms with van der Waals surface area (Å²) in [6.45, 7) is 0.938. The highest BCUT2D eigenvalue weighted by Crippen LogP contribution is 2.32. The summed E-state index contributed by atoms with van der Waals surface area (Å²) in [5.41, 5.74) is 0. The zero-order chi connectivity index (χ0) is 12.8. The van der Waals surface area contributed by atoms with E-state index in [1.165, 1.54) is 4.88 Å². The average molecular weight is 326 g/mol. The van der Waals surface area contributed by atoms with Gasteiger partial charge < -0.3 is 10.1 Å². The van der Waals surface area contributed by atoms with Gasteiger partial charge in [0.05, 0.1) is 4.47 Å². The zero-order valence-corrected chi connectivity index (χ0v) is 12.6. The lowest BCUT2D eigenvalue weighted by molar-refractivity contribution is 0.197. The molecule has 1 N–H and O–H groups in total. The van der Waals surface area contributed by atoms with E-state index in [1.807, 2.05) is 31.3 Å². The minimum atomic E-state index is 0.108. The van der Waals surface area contributed by atoms with Gasteiger partial charge in [0.1, 0.15) is 11.9 Å². The van der Waals surface area contributed by atoms with Gasteiger partial charge in [-0.15, -0.1) is 11.3 Å². The van der Waals surface area contributed by atoms with Crippen molar-refractivity contribution in [1.82, 2.24) is 5.32 Å². The van der Waals surface area contributed by atoms with E-state index in [9.17, 15) is 0 Å². The van der Waals surface area contributed by atoms with Crippen LogP contribution in [0.2, 0.25) is 0 Å². The van der Waals surface area contributed by atoms with E-state index in [2.05, 4.69) is 38.8 Å². The van der Waals surface area contributed by atoms with Crippen LogP contribution in [0.3, 0.4) is 0 Å². The van der Waals surface area contributed by atoms with E-state index in [-0.39, 0.29) is 6.10 Å². The van der Waals surface area contributed by atoms with Gasteiger partial charge in [0.25, 0.3) is 0 Å². The Morgan fingerprint density at radius 1 is 1.28 bits per heavy atom. The molecule has 1 aromatic heterocycles. The van der Waals surface area contributed by atoms with E-state index in [1.54, 1.807) is 11.3 Å². The molecule has 0 spiro atoms. The smallest absolute Gasteiger partial charge is 0.134 e. The molecule has 1 heterocycles. The summed E-state index contributed by atoms with van der Waals surface area (Å²) in [5, 5.41) is 5.26. The molecule has 0 fully saturated rings. The fraction of sp³-hybridized carbons (Fsp3) is 0.286. The summed E-state index contributed by atoms with van der Waals surface area (Å²) in [4.78, 5) is 1.26. The molecular weight excluding hydrogens is 310 g/mol. The Balaban J connectivity index is 2.13. The first kappa shape index (κ1) is 13.6. The molecular formula is C14H16BrNOS. The molecule has 1 atom stereocenters. The number of benzene rings is 1. The van der Waals surface area contributed by atoms with Crippen molar-refractivity contribution in [2.45, 2.75) is 12.5 Å². The van der Waals surface area contributed by atoms with E-state index in [0.29, 0.717) is 0 Å². The standard InChI is InChI=1S/C14H16BrNOS/c1-16-9-8-13(14-7-4-10-18-14)17-12-6-3-2-5-11(12)15/h2-7,10,13,16H,8-9H2,1H3/t13-/m1/s1. The fourth-order valence-electron chi connectivity index (χ4n) is 1.70. The van der Waals surface area contributed by atoms with Crippen LogP contribution in [0.4, 0.5) is 0 Å². The second-order valence-electron chi connectivity index (χ2n) is 3.94. The van der Waals surface area contributed by atoms with Gasteiger partial charge in [-0.25, -0.2) is 0 Å². The van der Waals surface area contributed by atoms with Crippen molar-refractivity contribution < 1.29 is 4.74 Å². The number of para-hydroxylation sites is 1. The highest BCUT2D eigenvalue weighted by molar-refractivity contribution is 9.10. The molecule has 2 nitrogen and oxygen atoms in total. The third kappa shape index (κ3) is 3.57. The quantitative estimate of drug-likeness (QED) is 0.857. The van der Waals surface area contributed by atoms with E-state index in [0.717, 1.165) is 23.2 Å². The van der Waals surface area contributed by atoms with Crippen molar-refractivity contribution >= 4 is 27.3 Å². The van der Waals surface area contributed by atoms with Crippen molar-refractivity contribution in [3.8, 4) is 5.75 Å². The molecule has 1 aromatic carbocycles. The van der Waals surface area contributed by atoms with Crippen LogP contribution in [0.25, 0.3) is 0 Å². The van der Waals surface area contributed by atoms with Crippen LogP contribution in [0, 0.1) is 0 Å². The predicted octanol–water partition coefficient (Wildman–Crippen LogP) is 4.24. The lowest BCUT2D eigenvalue weighted by Crippen LogP contribution is -2.15. The summed E-state index contributed by atoms with van der Waals surface area (Å²) < 4.78 is 7.11. The summed E-state index contributed by atoms with van der Waals surface area (Å²) in [7, 11) is 1.96. The van der Waals surface area contributed by atoms with Gasteiger partial charge in [0.2, 0.25) is 0 Å². The van der Waals surface area contributed by atoms with Gasteiger partial charge in [-0.1, -0.05) is 18.2 Å². The van der Waals surface area contributed by atoms with Crippen molar-refractivity contribution in [2.24, 2.45) is 0 Å². The Bertz CT molecular complexity index is 472. The van der Waals surface area contributed by atoms with Crippen LogP contribution < -0.4 is 10.1 Å². The number of rotatable bonds is 6. The van der Waals surface area contributed by atoms with Crippen LogP contribution in [-0.2, 0) is 0 Å². The Hall–Kier alpha value is -0.840. The first-order chi connectivity index (χ1) is 8.81. The van der Waals surface area contributed by atoms with E-state index >= 15 is 0 Å². The molecule has 0 saturated heterocycles. The molecule has 0 aliphatic heterocycles. The van der Waals surface area contributed by atoms with E-state index in [4.69, 9.17) is 4.74 Å². The molecule has 0 saturated carbocycles. The largest absolute Gasteiger partial charge is 0.484 e. The lowest BCUT2D eigenvalue weighted by atomic mass is 10.2. The highest BCUT2D eigenvalue weighted by Gasteiger charge is 2.15. The van der Waals surface area contributed by atoms with Gasteiger partial charge in [-0.2, -0.15) is 0 Å². The fourth-order valence-corrected chi connectivity index (χ4v) is 2.87. The zero-order valence-electron chi connectivity index (χ0n) is 10.2. The third-order valence-electron chi connectivity index (χ3n) is 2.62. The molecule has 96 valence electrons. The van der Waals surface area contributed by atoms with Gasteiger partial charge in [0, 0.05) is 11.3 Å². The molecule has 0 unspecified atom stereocenters. The van der Waals surface area contributed by atoms with Crippen LogP contribution in [0.5, 0.6) is 5.75 Å². The molecule has 2 aromatic rings. The molecule has 18 heavy (non-hydrogen) atoms. The van der Waals surface area contributed by atoms with Crippen molar-refractivity contribution in [3.05, 3.63) is 51.1 Å². The number of thiophene rings is 1.